The maximum absolute atomic E-state index is 12.1. The molecule has 1 atom stereocenters. The SMILES string of the molecule is COCC(OC(C(F)(F)F)C(F)(F)F)C(=O)NN. The summed E-state index contributed by atoms with van der Waals surface area (Å²) in [6.45, 7) is -0.814. The Balaban J connectivity index is 4.99. The zero-order chi connectivity index (χ0) is 14.6. The number of ether oxygens (including phenoxy) is 2. The summed E-state index contributed by atoms with van der Waals surface area (Å²) in [6.07, 6.45) is -17.6. The minimum absolute atomic E-state index is 0.814. The number of hydrogen-bond acceptors (Lipinski definition) is 4. The molecule has 0 aromatic heterocycles. The van der Waals surface area contributed by atoms with Crippen LogP contribution >= 0.6 is 0 Å². The van der Waals surface area contributed by atoms with E-state index in [1.807, 2.05) is 0 Å². The number of carbonyl (C=O) groups excluding carboxylic acids is 1. The molecule has 0 aliphatic heterocycles. The molecule has 0 spiro atoms. The Morgan fingerprint density at radius 2 is 1.67 bits per heavy atom. The third-order valence-electron chi connectivity index (χ3n) is 1.65. The molecule has 0 aliphatic carbocycles. The van der Waals surface area contributed by atoms with Crippen molar-refractivity contribution >= 4 is 5.91 Å². The van der Waals surface area contributed by atoms with Crippen LogP contribution in [0.1, 0.15) is 0 Å². The second-order valence-electron chi connectivity index (χ2n) is 3.05. The van der Waals surface area contributed by atoms with Gasteiger partial charge in [0.25, 0.3) is 5.91 Å². The molecule has 0 saturated heterocycles. The lowest BCUT2D eigenvalue weighted by atomic mass is 10.3. The highest BCUT2D eigenvalue weighted by atomic mass is 19.4. The van der Waals surface area contributed by atoms with Gasteiger partial charge in [0.2, 0.25) is 6.10 Å². The highest BCUT2D eigenvalue weighted by molar-refractivity contribution is 5.80. The van der Waals surface area contributed by atoms with Crippen LogP contribution in [-0.2, 0) is 14.3 Å². The van der Waals surface area contributed by atoms with E-state index in [0.717, 1.165) is 7.11 Å². The van der Waals surface area contributed by atoms with Gasteiger partial charge in [-0.15, -0.1) is 0 Å². The van der Waals surface area contributed by atoms with E-state index in [9.17, 15) is 31.1 Å². The van der Waals surface area contributed by atoms with Crippen molar-refractivity contribution < 1.29 is 40.6 Å². The van der Waals surface area contributed by atoms with Crippen LogP contribution in [0.5, 0.6) is 0 Å². The number of hydrogen-bond donors (Lipinski definition) is 2. The van der Waals surface area contributed by atoms with Crippen molar-refractivity contribution in [2.45, 2.75) is 24.6 Å². The van der Waals surface area contributed by atoms with Crippen LogP contribution < -0.4 is 11.3 Å². The van der Waals surface area contributed by atoms with E-state index >= 15 is 0 Å². The topological polar surface area (TPSA) is 73.6 Å². The summed E-state index contributed by atoms with van der Waals surface area (Å²) in [6, 6.07) is 0. The Bertz CT molecular complexity index is 265. The summed E-state index contributed by atoms with van der Waals surface area (Å²) >= 11 is 0. The monoisotopic (exact) mass is 284 g/mol. The van der Waals surface area contributed by atoms with Crippen molar-refractivity contribution in [2.24, 2.45) is 5.84 Å². The lowest BCUT2D eigenvalue weighted by molar-refractivity contribution is -0.329. The van der Waals surface area contributed by atoms with Crippen LogP contribution in [0.4, 0.5) is 26.3 Å². The zero-order valence-electron chi connectivity index (χ0n) is 8.93. The third-order valence-corrected chi connectivity index (χ3v) is 1.65. The Labute approximate surface area is 97.2 Å². The van der Waals surface area contributed by atoms with Gasteiger partial charge in [-0.3, -0.25) is 10.2 Å². The Morgan fingerprint density at radius 1 is 1.22 bits per heavy atom. The van der Waals surface area contributed by atoms with Crippen LogP contribution in [0, 0.1) is 0 Å². The summed E-state index contributed by atoms with van der Waals surface area (Å²) in [5.74, 6) is 3.23. The quantitative estimate of drug-likeness (QED) is 0.334. The first-order chi connectivity index (χ1) is 8.04. The molecule has 3 N–H and O–H groups in total. The van der Waals surface area contributed by atoms with Gasteiger partial charge in [-0.05, 0) is 0 Å². The normalized spacial score (nSPS) is 14.7. The lowest BCUT2D eigenvalue weighted by Gasteiger charge is -2.26. The summed E-state index contributed by atoms with van der Waals surface area (Å²) in [5.41, 5.74) is 1.38. The molecular weight excluding hydrogens is 274 g/mol. The van der Waals surface area contributed by atoms with Crippen LogP contribution in [0.2, 0.25) is 0 Å². The van der Waals surface area contributed by atoms with Gasteiger partial charge in [0.15, 0.2) is 6.10 Å². The van der Waals surface area contributed by atoms with Gasteiger partial charge < -0.3 is 9.47 Å². The lowest BCUT2D eigenvalue weighted by Crippen LogP contribution is -2.51. The van der Waals surface area contributed by atoms with Gasteiger partial charge in [-0.2, -0.15) is 26.3 Å². The van der Waals surface area contributed by atoms with Crippen LogP contribution in [0.25, 0.3) is 0 Å². The first-order valence-electron chi connectivity index (χ1n) is 4.32. The van der Waals surface area contributed by atoms with Gasteiger partial charge in [0.1, 0.15) is 0 Å². The van der Waals surface area contributed by atoms with Crippen molar-refractivity contribution in [3.05, 3.63) is 0 Å². The first kappa shape index (κ1) is 16.9. The molecule has 1 unspecified atom stereocenters. The summed E-state index contributed by atoms with van der Waals surface area (Å²) < 4.78 is 80.8. The molecule has 0 heterocycles. The van der Waals surface area contributed by atoms with Gasteiger partial charge in [-0.25, -0.2) is 5.84 Å². The number of nitrogens with two attached hydrogens (primary N) is 1. The smallest absolute Gasteiger partial charge is 0.381 e. The van der Waals surface area contributed by atoms with E-state index in [1.165, 1.54) is 5.43 Å². The summed E-state index contributed by atoms with van der Waals surface area (Å²) in [5, 5.41) is 0. The fourth-order valence-electron chi connectivity index (χ4n) is 0.925. The molecule has 0 bridgehead atoms. The molecular formula is C7H10F6N2O3. The molecule has 0 radical (unpaired) electrons. The van der Waals surface area contributed by atoms with Crippen LogP contribution in [0.15, 0.2) is 0 Å². The maximum Gasteiger partial charge on any atom is 0.423 e. The number of methoxy groups -OCH3 is 1. The van der Waals surface area contributed by atoms with E-state index in [-0.39, 0.29) is 0 Å². The number of amides is 1. The molecule has 0 aromatic carbocycles. The molecule has 0 aliphatic rings. The average Bonchev–Trinajstić information content (AvgIpc) is 2.19. The van der Waals surface area contributed by atoms with Crippen molar-refractivity contribution in [1.29, 1.82) is 0 Å². The molecule has 108 valence electrons. The van der Waals surface area contributed by atoms with Gasteiger partial charge >= 0.3 is 12.4 Å². The molecule has 0 saturated carbocycles. The van der Waals surface area contributed by atoms with Gasteiger partial charge in [-0.1, -0.05) is 0 Å². The molecule has 1 amide bonds. The summed E-state index contributed by atoms with van der Waals surface area (Å²) in [7, 11) is 0.969. The van der Waals surface area contributed by atoms with Crippen LogP contribution in [0.3, 0.4) is 0 Å². The van der Waals surface area contributed by atoms with Crippen molar-refractivity contribution in [3.8, 4) is 0 Å². The molecule has 0 fully saturated rings. The largest absolute Gasteiger partial charge is 0.423 e. The van der Waals surface area contributed by atoms with Crippen molar-refractivity contribution in [2.75, 3.05) is 13.7 Å². The maximum atomic E-state index is 12.1. The van der Waals surface area contributed by atoms with E-state index in [0.29, 0.717) is 0 Å². The number of alkyl halides is 6. The average molecular weight is 284 g/mol. The number of hydrazine groups is 1. The minimum Gasteiger partial charge on any atom is -0.381 e. The van der Waals surface area contributed by atoms with E-state index in [4.69, 9.17) is 0 Å². The van der Waals surface area contributed by atoms with E-state index in [2.05, 4.69) is 15.3 Å². The molecule has 5 nitrogen and oxygen atoms in total. The van der Waals surface area contributed by atoms with E-state index in [1.54, 1.807) is 0 Å². The molecule has 18 heavy (non-hydrogen) atoms. The predicted octanol–water partition coefficient (Wildman–Crippen LogP) is 0.501. The van der Waals surface area contributed by atoms with Gasteiger partial charge in [0, 0.05) is 7.11 Å². The number of nitrogens with one attached hydrogen (secondary N) is 1. The van der Waals surface area contributed by atoms with E-state index < -0.39 is 37.1 Å². The number of carbonyl (C=O) groups is 1. The van der Waals surface area contributed by atoms with Crippen molar-refractivity contribution in [3.63, 3.8) is 0 Å². The van der Waals surface area contributed by atoms with Gasteiger partial charge in [0.05, 0.1) is 6.61 Å². The predicted molar refractivity (Wildman–Crippen MR) is 45.0 cm³/mol. The number of halogens is 6. The highest BCUT2D eigenvalue weighted by Crippen LogP contribution is 2.36. The molecule has 0 aromatic rings. The Kier molecular flexibility index (Phi) is 5.83. The standard InChI is InChI=1S/C7H10F6N2O3/c1-17-2-3(4(16)15-14)18-5(6(8,9)10)7(11,12)13/h3,5H,2,14H2,1H3,(H,15,16). The minimum atomic E-state index is -5.71. The summed E-state index contributed by atoms with van der Waals surface area (Å²) in [4.78, 5) is 10.9. The van der Waals surface area contributed by atoms with Crippen LogP contribution in [-0.4, -0.2) is 44.2 Å². The Hall–Kier alpha value is -1.07. The highest BCUT2D eigenvalue weighted by Gasteiger charge is 2.59. The first-order valence-corrected chi connectivity index (χ1v) is 4.32. The fourth-order valence-corrected chi connectivity index (χ4v) is 0.925. The molecule has 11 heteroatoms. The third kappa shape index (κ3) is 5.06. The zero-order valence-corrected chi connectivity index (χ0v) is 8.93. The number of rotatable bonds is 5. The second kappa shape index (κ2) is 6.20. The molecule has 0 rings (SSSR count). The fraction of sp³-hybridized carbons (Fsp3) is 0.857. The Morgan fingerprint density at radius 3 is 1.94 bits per heavy atom. The van der Waals surface area contributed by atoms with Crippen molar-refractivity contribution in [1.82, 2.24) is 5.43 Å². The second-order valence-corrected chi connectivity index (χ2v) is 3.05.